The molecule has 0 amide bonds. The van der Waals surface area contributed by atoms with Gasteiger partial charge in [-0.15, -0.1) is 11.3 Å². The molecule has 1 aromatic heterocycles. The highest BCUT2D eigenvalue weighted by atomic mass is 32.2. The molecule has 0 saturated carbocycles. The van der Waals surface area contributed by atoms with Crippen LogP contribution in [0.5, 0.6) is 0 Å². The second-order valence-electron chi connectivity index (χ2n) is 6.24. The number of hydrogen-bond donors (Lipinski definition) is 2. The van der Waals surface area contributed by atoms with Crippen molar-refractivity contribution < 1.29 is 14.9 Å². The molecule has 0 spiro atoms. The number of thiazole rings is 1. The zero-order valence-corrected chi connectivity index (χ0v) is 14.7. The molecule has 0 aromatic carbocycles. The molecule has 0 aliphatic rings. The van der Waals surface area contributed by atoms with Crippen molar-refractivity contribution in [3.63, 3.8) is 0 Å². The van der Waals surface area contributed by atoms with Crippen molar-refractivity contribution in [1.82, 2.24) is 4.98 Å². The van der Waals surface area contributed by atoms with Crippen LogP contribution in [0, 0.1) is 6.92 Å². The summed E-state index contributed by atoms with van der Waals surface area (Å²) in [5, 5.41) is 19.2. The molecular formula is C14H25NO3S2. The molecule has 0 fully saturated rings. The van der Waals surface area contributed by atoms with Gasteiger partial charge in [-0.05, 0) is 41.5 Å². The lowest BCUT2D eigenvalue weighted by atomic mass is 10.1. The normalized spacial score (nSPS) is 14.6. The monoisotopic (exact) mass is 319 g/mol. The Morgan fingerprint density at radius 1 is 1.30 bits per heavy atom. The molecule has 0 aliphatic heterocycles. The lowest BCUT2D eigenvalue weighted by Crippen LogP contribution is -2.40. The van der Waals surface area contributed by atoms with Crippen LogP contribution in [0.2, 0.25) is 0 Å². The van der Waals surface area contributed by atoms with Crippen LogP contribution in [-0.2, 0) is 11.2 Å². The molecule has 1 atom stereocenters. The first-order chi connectivity index (χ1) is 9.05. The Hall–Kier alpha value is -0.140. The first kappa shape index (κ1) is 17.9. The van der Waals surface area contributed by atoms with Gasteiger partial charge in [0, 0.05) is 17.9 Å². The van der Waals surface area contributed by atoms with Gasteiger partial charge in [0.15, 0.2) is 10.6 Å². The molecule has 1 unspecified atom stereocenters. The highest BCUT2D eigenvalue weighted by molar-refractivity contribution is 8.02. The summed E-state index contributed by atoms with van der Waals surface area (Å²) in [6, 6.07) is 0. The van der Waals surface area contributed by atoms with Crippen LogP contribution in [0.1, 0.15) is 45.2 Å². The molecule has 20 heavy (non-hydrogen) atoms. The number of aryl methyl sites for hydroxylation is 1. The molecule has 1 rings (SSSR count). The first-order valence-corrected chi connectivity index (χ1v) is 8.30. The fourth-order valence-corrected chi connectivity index (χ4v) is 4.16. The van der Waals surface area contributed by atoms with Crippen LogP contribution >= 0.6 is 23.1 Å². The molecular weight excluding hydrogens is 294 g/mol. The van der Waals surface area contributed by atoms with E-state index in [-0.39, 0.29) is 6.61 Å². The van der Waals surface area contributed by atoms with E-state index in [9.17, 15) is 5.11 Å². The van der Waals surface area contributed by atoms with Gasteiger partial charge in [0.1, 0.15) is 0 Å². The first-order valence-electron chi connectivity index (χ1n) is 6.67. The fraction of sp³-hybridized carbons (Fsp3) is 0.786. The summed E-state index contributed by atoms with van der Waals surface area (Å²) in [7, 11) is 0. The van der Waals surface area contributed by atoms with E-state index in [4.69, 9.17) is 9.84 Å². The van der Waals surface area contributed by atoms with E-state index in [1.807, 2.05) is 41.5 Å². The maximum Gasteiger partial charge on any atom is 0.169 e. The third-order valence-electron chi connectivity index (χ3n) is 2.63. The summed E-state index contributed by atoms with van der Waals surface area (Å²) in [6.45, 7) is 11.8. The van der Waals surface area contributed by atoms with Crippen molar-refractivity contribution in [2.45, 2.75) is 68.9 Å². The van der Waals surface area contributed by atoms with Gasteiger partial charge >= 0.3 is 0 Å². The second kappa shape index (κ2) is 6.75. The lowest BCUT2D eigenvalue weighted by molar-refractivity contribution is -0.177. The molecule has 0 radical (unpaired) electrons. The van der Waals surface area contributed by atoms with Crippen LogP contribution in [-0.4, -0.2) is 38.4 Å². The molecule has 1 aromatic rings. The van der Waals surface area contributed by atoms with E-state index in [2.05, 4.69) is 4.98 Å². The van der Waals surface area contributed by atoms with E-state index >= 15 is 0 Å². The van der Waals surface area contributed by atoms with Crippen LogP contribution in [0.4, 0.5) is 0 Å². The lowest BCUT2D eigenvalue weighted by Gasteiger charge is -2.33. The molecule has 0 bridgehead atoms. The quantitative estimate of drug-likeness (QED) is 0.623. The number of nitrogens with zero attached hydrogens (tertiary/aromatic N) is 1. The van der Waals surface area contributed by atoms with Gasteiger partial charge in [-0.25, -0.2) is 4.98 Å². The molecule has 2 N–H and O–H groups in total. The highest BCUT2D eigenvalue weighted by Gasteiger charge is 2.34. The molecule has 4 nitrogen and oxygen atoms in total. The van der Waals surface area contributed by atoms with Crippen molar-refractivity contribution >= 4 is 23.1 Å². The van der Waals surface area contributed by atoms with Gasteiger partial charge in [-0.1, -0.05) is 11.8 Å². The van der Waals surface area contributed by atoms with E-state index in [0.29, 0.717) is 6.42 Å². The van der Waals surface area contributed by atoms with E-state index in [0.717, 1.165) is 14.9 Å². The number of rotatable bonds is 6. The molecule has 116 valence electrons. The third-order valence-corrected chi connectivity index (χ3v) is 4.93. The zero-order chi connectivity index (χ0) is 15.6. The molecule has 1 heterocycles. The average Bonchev–Trinajstić information content (AvgIpc) is 2.56. The number of aromatic nitrogens is 1. The zero-order valence-electron chi connectivity index (χ0n) is 13.1. The second-order valence-corrected chi connectivity index (χ2v) is 9.35. The van der Waals surface area contributed by atoms with E-state index < -0.39 is 16.6 Å². The Morgan fingerprint density at radius 2 is 1.90 bits per heavy atom. The van der Waals surface area contributed by atoms with E-state index in [1.165, 1.54) is 11.8 Å². The van der Waals surface area contributed by atoms with Gasteiger partial charge < -0.3 is 14.9 Å². The number of thioether (sulfide) groups is 1. The topological polar surface area (TPSA) is 62.6 Å². The summed E-state index contributed by atoms with van der Waals surface area (Å²) in [5.74, 6) is 0. The number of hydrogen-bond acceptors (Lipinski definition) is 6. The maximum absolute atomic E-state index is 10.2. The minimum absolute atomic E-state index is 0.105. The summed E-state index contributed by atoms with van der Waals surface area (Å²) >= 11 is 3.10. The predicted molar refractivity (Wildman–Crippen MR) is 84.4 cm³/mol. The highest BCUT2D eigenvalue weighted by Crippen LogP contribution is 2.39. The SMILES string of the molecule is Cc1sc(SC(C)(C)C(O)OC(C)(C)C)nc1CCO. The van der Waals surface area contributed by atoms with Gasteiger partial charge in [0.25, 0.3) is 0 Å². The Labute approximate surface area is 129 Å². The Kier molecular flexibility index (Phi) is 6.04. The van der Waals surface area contributed by atoms with Gasteiger partial charge in [0.2, 0.25) is 0 Å². The van der Waals surface area contributed by atoms with Crippen molar-refractivity contribution in [3.8, 4) is 0 Å². The smallest absolute Gasteiger partial charge is 0.169 e. The Balaban J connectivity index is 2.77. The van der Waals surface area contributed by atoms with Crippen molar-refractivity contribution in [2.75, 3.05) is 6.61 Å². The van der Waals surface area contributed by atoms with E-state index in [1.54, 1.807) is 11.3 Å². The summed E-state index contributed by atoms with van der Waals surface area (Å²) in [6.07, 6.45) is -0.303. The molecule has 0 saturated heterocycles. The number of aliphatic hydroxyl groups excluding tert-OH is 2. The summed E-state index contributed by atoms with van der Waals surface area (Å²) in [4.78, 5) is 5.63. The number of ether oxygens (including phenoxy) is 1. The Morgan fingerprint density at radius 3 is 2.40 bits per heavy atom. The van der Waals surface area contributed by atoms with Crippen LogP contribution in [0.15, 0.2) is 4.34 Å². The summed E-state index contributed by atoms with van der Waals surface area (Å²) < 4.78 is 6.03. The largest absolute Gasteiger partial charge is 0.396 e. The number of aliphatic hydroxyl groups is 2. The van der Waals surface area contributed by atoms with Crippen molar-refractivity contribution in [1.29, 1.82) is 0 Å². The van der Waals surface area contributed by atoms with Crippen LogP contribution in [0.25, 0.3) is 0 Å². The minimum atomic E-state index is -0.877. The minimum Gasteiger partial charge on any atom is -0.396 e. The fourth-order valence-electron chi connectivity index (χ4n) is 1.54. The Bertz CT molecular complexity index is 438. The maximum atomic E-state index is 10.2. The van der Waals surface area contributed by atoms with Gasteiger partial charge in [-0.3, -0.25) is 0 Å². The standard InChI is InChI=1S/C14H25NO3S2/c1-9-10(7-8-16)15-12(19-9)20-14(5,6)11(17)18-13(2,3)4/h11,16-17H,7-8H2,1-6H3. The summed E-state index contributed by atoms with van der Waals surface area (Å²) in [5.41, 5.74) is 0.542. The molecule has 6 heteroatoms. The van der Waals surface area contributed by atoms with Gasteiger partial charge in [0.05, 0.1) is 16.0 Å². The van der Waals surface area contributed by atoms with Gasteiger partial charge in [-0.2, -0.15) is 0 Å². The van der Waals surface area contributed by atoms with Crippen molar-refractivity contribution in [2.24, 2.45) is 0 Å². The third kappa shape index (κ3) is 5.33. The predicted octanol–water partition coefficient (Wildman–Crippen LogP) is 2.99. The molecule has 0 aliphatic carbocycles. The van der Waals surface area contributed by atoms with Crippen LogP contribution < -0.4 is 0 Å². The van der Waals surface area contributed by atoms with Crippen molar-refractivity contribution in [3.05, 3.63) is 10.6 Å². The average molecular weight is 319 g/mol. The van der Waals surface area contributed by atoms with Crippen LogP contribution in [0.3, 0.4) is 0 Å².